The first-order valence-electron chi connectivity index (χ1n) is 12.2. The number of nitrogens with zero attached hydrogens (tertiary/aromatic N) is 1. The number of halogens is 2. The highest BCUT2D eigenvalue weighted by Crippen LogP contribution is 2.26. The van der Waals surface area contributed by atoms with E-state index in [1.54, 1.807) is 54.6 Å². The van der Waals surface area contributed by atoms with Gasteiger partial charge in [0.1, 0.15) is 30.3 Å². The van der Waals surface area contributed by atoms with Gasteiger partial charge in [0, 0.05) is 15.1 Å². The zero-order valence-electron chi connectivity index (χ0n) is 21.0. The summed E-state index contributed by atoms with van der Waals surface area (Å²) in [6.07, 6.45) is 1.44. The Labute approximate surface area is 244 Å². The lowest BCUT2D eigenvalue weighted by Crippen LogP contribution is -2.54. The van der Waals surface area contributed by atoms with E-state index in [0.29, 0.717) is 34.4 Å². The number of imide groups is 2. The van der Waals surface area contributed by atoms with Crippen molar-refractivity contribution in [1.29, 1.82) is 0 Å². The number of benzene rings is 4. The first-order chi connectivity index (χ1) is 19.4. The molecule has 1 fully saturated rings. The molecule has 0 radical (unpaired) electrons. The number of anilines is 1. The summed E-state index contributed by atoms with van der Waals surface area (Å²) >= 11 is 9.58. The average Bonchev–Trinajstić information content (AvgIpc) is 2.96. The third kappa shape index (κ3) is 6.42. The molecule has 4 amide bonds. The van der Waals surface area contributed by atoms with Gasteiger partial charge in [-0.3, -0.25) is 14.9 Å². The summed E-state index contributed by atoms with van der Waals surface area (Å²) in [5.41, 5.74) is 2.58. The van der Waals surface area contributed by atoms with Gasteiger partial charge in [-0.15, -0.1) is 0 Å². The van der Waals surface area contributed by atoms with Gasteiger partial charge in [0.05, 0.1) is 5.69 Å². The molecule has 0 aromatic heterocycles. The minimum absolute atomic E-state index is 0.165. The number of rotatable bonds is 8. The fourth-order valence-corrected chi connectivity index (χ4v) is 4.39. The molecule has 9 heteroatoms. The SMILES string of the molecule is O=C1NC(=O)N(c2ccc(OCc3ccccc3Cl)cc2)C(=O)/C1=C/c1ccc(OCc2ccc(Br)cc2)cc1. The highest BCUT2D eigenvalue weighted by atomic mass is 79.9. The summed E-state index contributed by atoms with van der Waals surface area (Å²) in [7, 11) is 0. The van der Waals surface area contributed by atoms with E-state index in [4.69, 9.17) is 21.1 Å². The Bertz CT molecular complexity index is 1590. The molecular formula is C31H22BrClN2O5. The molecule has 1 aliphatic heterocycles. The van der Waals surface area contributed by atoms with Gasteiger partial charge in [0.25, 0.3) is 11.8 Å². The van der Waals surface area contributed by atoms with Crippen LogP contribution in [0, 0.1) is 0 Å². The second-order valence-corrected chi connectivity index (χ2v) is 10.1. The Hall–Kier alpha value is -4.40. The molecule has 0 bridgehead atoms. The van der Waals surface area contributed by atoms with Crippen LogP contribution in [0.3, 0.4) is 0 Å². The Morgan fingerprint density at radius 1 is 0.775 bits per heavy atom. The largest absolute Gasteiger partial charge is 0.489 e. The number of urea groups is 1. The standard InChI is InChI=1S/C31H22BrClN2O5/c32-23-9-5-21(6-10-23)18-39-25-13-7-20(8-14-25)17-27-29(36)34-31(38)35(30(27)37)24-11-15-26(16-12-24)40-19-22-3-1-2-4-28(22)33/h1-17H,18-19H2,(H,34,36,38)/b27-17+. The van der Waals surface area contributed by atoms with Crippen molar-refractivity contribution < 1.29 is 23.9 Å². The number of carbonyl (C=O) groups excluding carboxylic acids is 3. The maximum absolute atomic E-state index is 13.2. The van der Waals surface area contributed by atoms with Crippen molar-refractivity contribution in [3.63, 3.8) is 0 Å². The highest BCUT2D eigenvalue weighted by Gasteiger charge is 2.36. The number of nitrogens with one attached hydrogen (secondary N) is 1. The first-order valence-corrected chi connectivity index (χ1v) is 13.4. The van der Waals surface area contributed by atoms with E-state index in [1.807, 2.05) is 42.5 Å². The molecule has 0 atom stereocenters. The predicted octanol–water partition coefficient (Wildman–Crippen LogP) is 6.93. The second-order valence-electron chi connectivity index (χ2n) is 8.82. The number of barbiturate groups is 1. The third-order valence-electron chi connectivity index (χ3n) is 6.06. The van der Waals surface area contributed by atoms with Gasteiger partial charge in [-0.05, 0) is 71.8 Å². The molecule has 1 aliphatic rings. The molecule has 7 nitrogen and oxygen atoms in total. The van der Waals surface area contributed by atoms with Crippen molar-refractivity contribution in [2.45, 2.75) is 13.2 Å². The minimum Gasteiger partial charge on any atom is -0.489 e. The minimum atomic E-state index is -0.825. The van der Waals surface area contributed by atoms with Crippen LogP contribution in [-0.2, 0) is 22.8 Å². The molecule has 40 heavy (non-hydrogen) atoms. The zero-order valence-corrected chi connectivity index (χ0v) is 23.3. The molecular weight excluding hydrogens is 596 g/mol. The van der Waals surface area contributed by atoms with Crippen molar-refractivity contribution in [3.8, 4) is 11.5 Å². The van der Waals surface area contributed by atoms with Crippen LogP contribution in [-0.4, -0.2) is 17.8 Å². The van der Waals surface area contributed by atoms with Gasteiger partial charge >= 0.3 is 6.03 Å². The van der Waals surface area contributed by atoms with Crippen LogP contribution in [0.2, 0.25) is 5.02 Å². The quantitative estimate of drug-likeness (QED) is 0.171. The second kappa shape index (κ2) is 12.2. The van der Waals surface area contributed by atoms with Crippen molar-refractivity contribution in [2.24, 2.45) is 0 Å². The smallest absolute Gasteiger partial charge is 0.335 e. The van der Waals surface area contributed by atoms with E-state index < -0.39 is 17.8 Å². The number of hydrogen-bond acceptors (Lipinski definition) is 5. The van der Waals surface area contributed by atoms with E-state index in [0.717, 1.165) is 20.5 Å². The van der Waals surface area contributed by atoms with Crippen LogP contribution in [0.15, 0.2) is 107 Å². The van der Waals surface area contributed by atoms with E-state index in [2.05, 4.69) is 21.2 Å². The fourth-order valence-electron chi connectivity index (χ4n) is 3.93. The fraction of sp³-hybridized carbons (Fsp3) is 0.0645. The average molecular weight is 618 g/mol. The third-order valence-corrected chi connectivity index (χ3v) is 6.96. The molecule has 0 spiro atoms. The van der Waals surface area contributed by atoms with Crippen LogP contribution >= 0.6 is 27.5 Å². The molecule has 0 saturated carbocycles. The highest BCUT2D eigenvalue weighted by molar-refractivity contribution is 9.10. The van der Waals surface area contributed by atoms with E-state index in [1.165, 1.54) is 6.08 Å². The zero-order chi connectivity index (χ0) is 28.1. The van der Waals surface area contributed by atoms with Crippen LogP contribution in [0.25, 0.3) is 6.08 Å². The van der Waals surface area contributed by atoms with Crippen LogP contribution in [0.4, 0.5) is 10.5 Å². The van der Waals surface area contributed by atoms with Gasteiger partial charge in [-0.25, -0.2) is 9.69 Å². The van der Waals surface area contributed by atoms with E-state index in [9.17, 15) is 14.4 Å². The Kier molecular flexibility index (Phi) is 8.28. The van der Waals surface area contributed by atoms with Gasteiger partial charge in [0.15, 0.2) is 0 Å². The van der Waals surface area contributed by atoms with Crippen molar-refractivity contribution in [1.82, 2.24) is 5.32 Å². The number of ether oxygens (including phenoxy) is 2. The first kappa shape index (κ1) is 27.2. The topological polar surface area (TPSA) is 84.9 Å². The summed E-state index contributed by atoms with van der Waals surface area (Å²) in [6.45, 7) is 0.660. The molecule has 5 rings (SSSR count). The van der Waals surface area contributed by atoms with Gasteiger partial charge < -0.3 is 9.47 Å². The van der Waals surface area contributed by atoms with Crippen LogP contribution < -0.4 is 19.7 Å². The van der Waals surface area contributed by atoms with Gasteiger partial charge in [-0.1, -0.05) is 70.0 Å². The normalized spacial score (nSPS) is 14.3. The van der Waals surface area contributed by atoms with E-state index >= 15 is 0 Å². The summed E-state index contributed by atoms with van der Waals surface area (Å²) in [6, 6.07) is 27.7. The van der Waals surface area contributed by atoms with Crippen molar-refractivity contribution >= 4 is 57.1 Å². The lowest BCUT2D eigenvalue weighted by atomic mass is 10.1. The van der Waals surface area contributed by atoms with Gasteiger partial charge in [-0.2, -0.15) is 0 Å². The predicted molar refractivity (Wildman–Crippen MR) is 156 cm³/mol. The number of hydrogen-bond donors (Lipinski definition) is 1. The number of amides is 4. The molecule has 200 valence electrons. The maximum atomic E-state index is 13.2. The summed E-state index contributed by atoms with van der Waals surface area (Å²) < 4.78 is 12.6. The monoisotopic (exact) mass is 616 g/mol. The molecule has 1 saturated heterocycles. The van der Waals surface area contributed by atoms with E-state index in [-0.39, 0.29) is 12.2 Å². The lowest BCUT2D eigenvalue weighted by molar-refractivity contribution is -0.122. The Morgan fingerprint density at radius 2 is 1.40 bits per heavy atom. The molecule has 0 unspecified atom stereocenters. The lowest BCUT2D eigenvalue weighted by Gasteiger charge is -2.26. The molecule has 0 aliphatic carbocycles. The van der Waals surface area contributed by atoms with Crippen molar-refractivity contribution in [3.05, 3.63) is 129 Å². The Balaban J connectivity index is 1.26. The number of carbonyl (C=O) groups is 3. The van der Waals surface area contributed by atoms with Gasteiger partial charge in [0.2, 0.25) is 0 Å². The molecule has 4 aromatic carbocycles. The molecule has 4 aromatic rings. The molecule has 1 N–H and O–H groups in total. The maximum Gasteiger partial charge on any atom is 0.335 e. The summed E-state index contributed by atoms with van der Waals surface area (Å²) in [5, 5.41) is 2.83. The Morgan fingerprint density at radius 3 is 2.08 bits per heavy atom. The van der Waals surface area contributed by atoms with Crippen LogP contribution in [0.1, 0.15) is 16.7 Å². The summed E-state index contributed by atoms with van der Waals surface area (Å²) in [5.74, 6) is -0.323. The molecule has 1 heterocycles. The van der Waals surface area contributed by atoms with Crippen molar-refractivity contribution in [2.75, 3.05) is 4.90 Å². The van der Waals surface area contributed by atoms with Crippen LogP contribution in [0.5, 0.6) is 11.5 Å². The summed E-state index contributed by atoms with van der Waals surface area (Å²) in [4.78, 5) is 39.3.